The highest BCUT2D eigenvalue weighted by Gasteiger charge is 2.46. The summed E-state index contributed by atoms with van der Waals surface area (Å²) in [6.07, 6.45) is 6.83. The van der Waals surface area contributed by atoms with Gasteiger partial charge in [0.1, 0.15) is 5.39 Å². The molecular weight excluding hydrogens is 348 g/mol. The maximum atomic E-state index is 12.9. The minimum Gasteiger partial charge on any atom is -0.267 e. The second kappa shape index (κ2) is 5.95. The Labute approximate surface area is 154 Å². The second-order valence-electron chi connectivity index (χ2n) is 6.74. The summed E-state index contributed by atoms with van der Waals surface area (Å²) in [5, 5.41) is 10.6. The molecule has 1 aliphatic carbocycles. The number of hydrogen-bond donors (Lipinski definition) is 0. The van der Waals surface area contributed by atoms with E-state index in [-0.39, 0.29) is 11.6 Å². The summed E-state index contributed by atoms with van der Waals surface area (Å²) < 4.78 is 3.50. The molecule has 132 valence electrons. The van der Waals surface area contributed by atoms with Crippen LogP contribution in [0.25, 0.3) is 16.7 Å². The van der Waals surface area contributed by atoms with Crippen molar-refractivity contribution in [3.8, 4) is 11.8 Å². The van der Waals surface area contributed by atoms with Gasteiger partial charge in [-0.25, -0.2) is 19.3 Å². The number of aromatic nitrogens is 5. The molecule has 3 heterocycles. The van der Waals surface area contributed by atoms with Gasteiger partial charge in [0.2, 0.25) is 0 Å². The van der Waals surface area contributed by atoms with Crippen molar-refractivity contribution in [1.82, 2.24) is 24.3 Å². The lowest BCUT2D eigenvalue weighted by Gasteiger charge is -2.16. The van der Waals surface area contributed by atoms with E-state index < -0.39 is 5.41 Å². The summed E-state index contributed by atoms with van der Waals surface area (Å²) in [6, 6.07) is 6.06. The molecule has 26 heavy (non-hydrogen) atoms. The van der Waals surface area contributed by atoms with Crippen molar-refractivity contribution < 1.29 is 0 Å². The standard InChI is InChI=1S/C18H18N6OS/c1-11(2)23-16(25)13-9-21-17(26-3)22-15(13)24(23)12-4-7-20-14(8-12)18(10-19)5-6-18/h4,7-9,11H,5-6H2,1-3H3. The highest BCUT2D eigenvalue weighted by molar-refractivity contribution is 7.98. The van der Waals surface area contributed by atoms with Crippen LogP contribution < -0.4 is 5.56 Å². The van der Waals surface area contributed by atoms with Gasteiger partial charge < -0.3 is 0 Å². The molecule has 0 aliphatic heterocycles. The van der Waals surface area contributed by atoms with E-state index in [0.29, 0.717) is 16.2 Å². The van der Waals surface area contributed by atoms with Gasteiger partial charge in [0.05, 0.1) is 22.9 Å². The van der Waals surface area contributed by atoms with E-state index in [4.69, 9.17) is 0 Å². The molecule has 0 atom stereocenters. The molecular formula is C18H18N6OS. The van der Waals surface area contributed by atoms with E-state index in [2.05, 4.69) is 21.0 Å². The molecule has 0 radical (unpaired) electrons. The summed E-state index contributed by atoms with van der Waals surface area (Å²) in [5.74, 6) is 0. The van der Waals surface area contributed by atoms with Crippen molar-refractivity contribution in [2.45, 2.75) is 43.3 Å². The van der Waals surface area contributed by atoms with Crippen LogP contribution in [0.2, 0.25) is 0 Å². The summed E-state index contributed by atoms with van der Waals surface area (Å²) in [5.41, 5.74) is 1.50. The van der Waals surface area contributed by atoms with Gasteiger partial charge >= 0.3 is 0 Å². The van der Waals surface area contributed by atoms with Crippen molar-refractivity contribution in [3.63, 3.8) is 0 Å². The Morgan fingerprint density at radius 2 is 2.12 bits per heavy atom. The van der Waals surface area contributed by atoms with Crippen LogP contribution >= 0.6 is 11.8 Å². The molecule has 7 nitrogen and oxygen atoms in total. The predicted octanol–water partition coefficient (Wildman–Crippen LogP) is 2.84. The van der Waals surface area contributed by atoms with Crippen molar-refractivity contribution in [2.75, 3.05) is 6.26 Å². The van der Waals surface area contributed by atoms with E-state index >= 15 is 0 Å². The van der Waals surface area contributed by atoms with Gasteiger partial charge in [0, 0.05) is 18.4 Å². The smallest absolute Gasteiger partial charge is 0.267 e. The highest BCUT2D eigenvalue weighted by atomic mass is 32.2. The zero-order valence-electron chi connectivity index (χ0n) is 14.8. The van der Waals surface area contributed by atoms with Crippen LogP contribution in [0.5, 0.6) is 0 Å². The number of fused-ring (bicyclic) bond motifs is 1. The molecule has 0 bridgehead atoms. The summed E-state index contributed by atoms with van der Waals surface area (Å²) >= 11 is 1.43. The first-order chi connectivity index (χ1) is 12.5. The number of thioether (sulfide) groups is 1. The average molecular weight is 366 g/mol. The average Bonchev–Trinajstić information content (AvgIpc) is 3.40. The molecule has 4 rings (SSSR count). The number of rotatable bonds is 4. The number of nitriles is 1. The van der Waals surface area contributed by atoms with Gasteiger partial charge in [-0.1, -0.05) is 11.8 Å². The van der Waals surface area contributed by atoms with Crippen molar-refractivity contribution in [1.29, 1.82) is 5.26 Å². The van der Waals surface area contributed by atoms with Crippen molar-refractivity contribution in [3.05, 3.63) is 40.6 Å². The minimum atomic E-state index is -0.485. The fraction of sp³-hybridized carbons (Fsp3) is 0.389. The first-order valence-electron chi connectivity index (χ1n) is 8.43. The Kier molecular flexibility index (Phi) is 3.84. The molecule has 1 fully saturated rings. The van der Waals surface area contributed by atoms with Crippen LogP contribution in [0.15, 0.2) is 34.5 Å². The first kappa shape index (κ1) is 16.8. The van der Waals surface area contributed by atoms with E-state index in [1.165, 1.54) is 11.8 Å². The highest BCUT2D eigenvalue weighted by Crippen LogP contribution is 2.46. The molecule has 3 aromatic rings. The SMILES string of the molecule is CSc1ncc2c(=O)n(C(C)C)n(-c3ccnc(C4(C#N)CC4)c3)c2n1. The van der Waals surface area contributed by atoms with Crippen LogP contribution in [0.1, 0.15) is 38.4 Å². The Morgan fingerprint density at radius 1 is 1.35 bits per heavy atom. The Balaban J connectivity index is 2.02. The molecule has 1 aliphatic rings. The minimum absolute atomic E-state index is 0.0584. The molecule has 0 saturated heterocycles. The third-order valence-electron chi connectivity index (χ3n) is 4.72. The van der Waals surface area contributed by atoms with Gasteiger partial charge in [0.15, 0.2) is 10.8 Å². The van der Waals surface area contributed by atoms with Crippen LogP contribution in [0, 0.1) is 11.3 Å². The summed E-state index contributed by atoms with van der Waals surface area (Å²) in [4.78, 5) is 26.1. The van der Waals surface area contributed by atoms with Gasteiger partial charge in [-0.3, -0.25) is 9.78 Å². The third kappa shape index (κ3) is 2.42. The molecule has 0 unspecified atom stereocenters. The largest absolute Gasteiger partial charge is 0.278 e. The third-order valence-corrected chi connectivity index (χ3v) is 5.28. The fourth-order valence-corrected chi connectivity index (χ4v) is 3.50. The molecule has 1 saturated carbocycles. The molecule has 0 aromatic carbocycles. The quantitative estimate of drug-likeness (QED) is 0.521. The second-order valence-corrected chi connectivity index (χ2v) is 7.52. The molecule has 8 heteroatoms. The van der Waals surface area contributed by atoms with Crippen molar-refractivity contribution in [2.24, 2.45) is 0 Å². The topological polar surface area (TPSA) is 89.4 Å². The Hall–Kier alpha value is -2.66. The van der Waals surface area contributed by atoms with Crippen LogP contribution in [-0.4, -0.2) is 30.6 Å². The number of hydrogen-bond acceptors (Lipinski definition) is 6. The van der Waals surface area contributed by atoms with E-state index in [9.17, 15) is 10.1 Å². The predicted molar refractivity (Wildman–Crippen MR) is 99.6 cm³/mol. The van der Waals surface area contributed by atoms with E-state index in [1.807, 2.05) is 36.9 Å². The van der Waals surface area contributed by atoms with Crippen LogP contribution in [0.3, 0.4) is 0 Å². The van der Waals surface area contributed by atoms with Gasteiger partial charge in [-0.2, -0.15) is 5.26 Å². The molecule has 0 N–H and O–H groups in total. The lowest BCUT2D eigenvalue weighted by molar-refractivity contribution is 0.475. The zero-order valence-corrected chi connectivity index (χ0v) is 15.6. The maximum absolute atomic E-state index is 12.9. The maximum Gasteiger partial charge on any atom is 0.278 e. The molecule has 3 aromatic heterocycles. The fourth-order valence-electron chi connectivity index (χ4n) is 3.16. The lowest BCUT2D eigenvalue weighted by atomic mass is 10.0. The molecule has 0 spiro atoms. The first-order valence-corrected chi connectivity index (χ1v) is 9.65. The lowest BCUT2D eigenvalue weighted by Crippen LogP contribution is -2.24. The Morgan fingerprint density at radius 3 is 2.73 bits per heavy atom. The summed E-state index contributed by atoms with van der Waals surface area (Å²) in [6.45, 7) is 3.92. The van der Waals surface area contributed by atoms with Crippen LogP contribution in [0.4, 0.5) is 0 Å². The van der Waals surface area contributed by atoms with Gasteiger partial charge in [-0.15, -0.1) is 0 Å². The number of nitrogens with zero attached hydrogens (tertiary/aromatic N) is 6. The normalized spacial score (nSPS) is 15.3. The van der Waals surface area contributed by atoms with Gasteiger partial charge in [-0.05, 0) is 45.1 Å². The van der Waals surface area contributed by atoms with E-state index in [0.717, 1.165) is 24.2 Å². The van der Waals surface area contributed by atoms with E-state index in [1.54, 1.807) is 17.1 Å². The van der Waals surface area contributed by atoms with Crippen LogP contribution in [-0.2, 0) is 5.41 Å². The monoisotopic (exact) mass is 366 g/mol. The summed E-state index contributed by atoms with van der Waals surface area (Å²) in [7, 11) is 0. The zero-order chi connectivity index (χ0) is 18.5. The number of pyridine rings is 1. The van der Waals surface area contributed by atoms with Crippen molar-refractivity contribution >= 4 is 22.8 Å². The van der Waals surface area contributed by atoms with Gasteiger partial charge in [0.25, 0.3) is 5.56 Å². The Bertz CT molecular complexity index is 1100. The molecule has 0 amide bonds.